The molecule has 0 aromatic carbocycles. The Morgan fingerprint density at radius 1 is 1.30 bits per heavy atom. The molecule has 0 saturated carbocycles. The first-order valence-corrected chi connectivity index (χ1v) is 8.27. The molecule has 1 aliphatic carbocycles. The number of allylic oxidation sites excluding steroid dienone is 1. The molecule has 1 amide bonds. The van der Waals surface area contributed by atoms with Crippen molar-refractivity contribution in [1.29, 1.82) is 0 Å². The van der Waals surface area contributed by atoms with Gasteiger partial charge in [0.05, 0.1) is 17.9 Å². The monoisotopic (exact) mass is 319 g/mol. The van der Waals surface area contributed by atoms with Crippen molar-refractivity contribution >= 4 is 17.5 Å². The summed E-state index contributed by atoms with van der Waals surface area (Å²) >= 11 is 0. The molecule has 3 aliphatic heterocycles. The van der Waals surface area contributed by atoms with Crippen molar-refractivity contribution < 1.29 is 24.2 Å². The van der Waals surface area contributed by atoms with E-state index in [-0.39, 0.29) is 23.9 Å². The second-order valence-corrected chi connectivity index (χ2v) is 7.54. The Bertz CT molecular complexity index is 655. The first kappa shape index (κ1) is 15.0. The van der Waals surface area contributed by atoms with E-state index in [0.717, 1.165) is 0 Å². The fourth-order valence-electron chi connectivity index (χ4n) is 5.08. The summed E-state index contributed by atoms with van der Waals surface area (Å²) in [4.78, 5) is 37.9. The van der Waals surface area contributed by atoms with Gasteiger partial charge in [-0.2, -0.15) is 0 Å². The molecule has 6 nitrogen and oxygen atoms in total. The topological polar surface area (TPSA) is 92.7 Å². The summed E-state index contributed by atoms with van der Waals surface area (Å²) in [6.07, 6.45) is 2.14. The third kappa shape index (κ3) is 1.63. The Labute approximate surface area is 134 Å². The van der Waals surface area contributed by atoms with Crippen LogP contribution in [0.15, 0.2) is 11.8 Å². The SMILES string of the molecule is C[C@H]1C[C@H](O)[C@H]2CC[C@@H]3CC(=O)C=C4NC(=O)[C@](C)(C1=O)[C@]43O2. The average molecular weight is 319 g/mol. The molecular weight excluding hydrogens is 298 g/mol. The molecule has 1 spiro atoms. The van der Waals surface area contributed by atoms with Crippen LogP contribution in [-0.2, 0) is 19.1 Å². The van der Waals surface area contributed by atoms with Crippen LogP contribution in [0, 0.1) is 17.3 Å². The average Bonchev–Trinajstić information content (AvgIpc) is 2.71. The lowest BCUT2D eigenvalue weighted by atomic mass is 9.57. The Kier molecular flexibility index (Phi) is 2.95. The number of aliphatic hydroxyl groups is 1. The molecule has 0 aromatic heterocycles. The largest absolute Gasteiger partial charge is 0.390 e. The lowest BCUT2D eigenvalue weighted by Crippen LogP contribution is -2.65. The van der Waals surface area contributed by atoms with Crippen LogP contribution in [0.5, 0.6) is 0 Å². The molecule has 2 bridgehead atoms. The maximum Gasteiger partial charge on any atom is 0.241 e. The number of aliphatic hydroxyl groups excluding tert-OH is 1. The number of hydrogen-bond donors (Lipinski definition) is 2. The number of carbonyl (C=O) groups excluding carboxylic acids is 3. The van der Waals surface area contributed by atoms with Gasteiger partial charge in [-0.15, -0.1) is 0 Å². The van der Waals surface area contributed by atoms with Crippen LogP contribution >= 0.6 is 0 Å². The van der Waals surface area contributed by atoms with Crippen molar-refractivity contribution in [3.63, 3.8) is 0 Å². The van der Waals surface area contributed by atoms with Crippen molar-refractivity contribution in [2.24, 2.45) is 17.3 Å². The Morgan fingerprint density at radius 3 is 2.78 bits per heavy atom. The maximum absolute atomic E-state index is 13.1. The quantitative estimate of drug-likeness (QED) is 0.634. The fourth-order valence-corrected chi connectivity index (χ4v) is 5.08. The number of rotatable bonds is 0. The van der Waals surface area contributed by atoms with Gasteiger partial charge in [0.1, 0.15) is 11.0 Å². The maximum atomic E-state index is 13.1. The van der Waals surface area contributed by atoms with Crippen LogP contribution < -0.4 is 5.32 Å². The van der Waals surface area contributed by atoms with E-state index in [1.807, 2.05) is 0 Å². The van der Waals surface area contributed by atoms with Crippen LogP contribution in [0.25, 0.3) is 0 Å². The van der Waals surface area contributed by atoms with Crippen molar-refractivity contribution in [1.82, 2.24) is 5.32 Å². The van der Waals surface area contributed by atoms with Gasteiger partial charge < -0.3 is 15.2 Å². The number of nitrogens with one attached hydrogen (secondary N) is 1. The van der Waals surface area contributed by atoms with Gasteiger partial charge in [-0.1, -0.05) is 6.92 Å². The number of hydrogen-bond acceptors (Lipinski definition) is 5. The van der Waals surface area contributed by atoms with Crippen molar-refractivity contribution in [2.45, 2.75) is 57.3 Å². The summed E-state index contributed by atoms with van der Waals surface area (Å²) in [6.45, 7) is 3.40. The van der Waals surface area contributed by atoms with Crippen LogP contribution in [-0.4, -0.2) is 40.4 Å². The summed E-state index contributed by atoms with van der Waals surface area (Å²) in [5, 5.41) is 13.2. The van der Waals surface area contributed by atoms with E-state index in [4.69, 9.17) is 4.74 Å². The highest BCUT2D eigenvalue weighted by Crippen LogP contribution is 2.59. The molecule has 23 heavy (non-hydrogen) atoms. The zero-order valence-electron chi connectivity index (χ0n) is 13.3. The van der Waals surface area contributed by atoms with Crippen molar-refractivity contribution in [2.75, 3.05) is 0 Å². The lowest BCUT2D eigenvalue weighted by Gasteiger charge is -2.54. The lowest BCUT2D eigenvalue weighted by molar-refractivity contribution is -0.223. The summed E-state index contributed by atoms with van der Waals surface area (Å²) in [7, 11) is 0. The van der Waals surface area contributed by atoms with E-state index in [2.05, 4.69) is 5.32 Å². The minimum absolute atomic E-state index is 0.0506. The molecule has 4 aliphatic rings. The number of amides is 1. The summed E-state index contributed by atoms with van der Waals surface area (Å²) in [6, 6.07) is 0. The number of carbonyl (C=O) groups is 3. The van der Waals surface area contributed by atoms with Gasteiger partial charge in [0.15, 0.2) is 11.6 Å². The van der Waals surface area contributed by atoms with E-state index in [1.165, 1.54) is 6.08 Å². The zero-order valence-corrected chi connectivity index (χ0v) is 13.3. The Morgan fingerprint density at radius 2 is 2.04 bits per heavy atom. The first-order valence-electron chi connectivity index (χ1n) is 8.27. The minimum Gasteiger partial charge on any atom is -0.390 e. The van der Waals surface area contributed by atoms with Crippen LogP contribution in [0.3, 0.4) is 0 Å². The molecule has 6 heteroatoms. The molecular formula is C17H21NO5. The summed E-state index contributed by atoms with van der Waals surface area (Å²) in [5.74, 6) is -1.30. The third-order valence-electron chi connectivity index (χ3n) is 6.27. The van der Waals surface area contributed by atoms with Crippen molar-refractivity contribution in [3.8, 4) is 0 Å². The smallest absolute Gasteiger partial charge is 0.241 e. The highest BCUT2D eigenvalue weighted by molar-refractivity contribution is 6.13. The van der Waals surface area contributed by atoms with Crippen LogP contribution in [0.1, 0.15) is 39.5 Å². The predicted octanol–water partition coefficient (Wildman–Crippen LogP) is 0.483. The number of ketones is 2. The van der Waals surface area contributed by atoms with Gasteiger partial charge in [-0.05, 0) is 26.2 Å². The van der Waals surface area contributed by atoms with Crippen LogP contribution in [0.4, 0.5) is 0 Å². The van der Waals surface area contributed by atoms with E-state index in [0.29, 0.717) is 25.0 Å². The third-order valence-corrected chi connectivity index (χ3v) is 6.27. The van der Waals surface area contributed by atoms with Gasteiger partial charge >= 0.3 is 0 Å². The molecule has 3 saturated heterocycles. The van der Waals surface area contributed by atoms with Gasteiger partial charge in [-0.3, -0.25) is 14.4 Å². The normalized spacial score (nSPS) is 49.0. The number of fused-ring (bicyclic) bond motifs is 1. The highest BCUT2D eigenvalue weighted by Gasteiger charge is 2.72. The van der Waals surface area contributed by atoms with Gasteiger partial charge in [-0.25, -0.2) is 0 Å². The first-order chi connectivity index (χ1) is 10.8. The Balaban J connectivity index is 1.97. The predicted molar refractivity (Wildman–Crippen MR) is 79.1 cm³/mol. The van der Waals surface area contributed by atoms with E-state index >= 15 is 0 Å². The zero-order chi connectivity index (χ0) is 16.6. The van der Waals surface area contributed by atoms with Gasteiger partial charge in [0, 0.05) is 24.3 Å². The summed E-state index contributed by atoms with van der Waals surface area (Å²) < 4.78 is 6.28. The summed E-state index contributed by atoms with van der Waals surface area (Å²) in [5.41, 5.74) is -2.07. The molecule has 4 rings (SSSR count). The van der Waals surface area contributed by atoms with E-state index < -0.39 is 35.0 Å². The molecule has 6 atom stereocenters. The standard InChI is InChI=1S/C17H21NO5/c1-8-5-11(20)12-4-3-9-6-10(19)7-13-17(9,23-12)16(2,14(8)21)15(22)18-13/h7-9,11-12,20H,3-6H2,1-2H3,(H,18,22)/t8-,9+,11-,12+,16-,17+/m0/s1. The number of ether oxygens (including phenoxy) is 1. The number of Topliss-reactive ketones (excluding diaryl/α,β-unsaturated/α-hetero) is 1. The molecule has 124 valence electrons. The fraction of sp³-hybridized carbons (Fsp3) is 0.706. The molecule has 3 fully saturated rings. The molecule has 0 radical (unpaired) electrons. The van der Waals surface area contributed by atoms with Crippen molar-refractivity contribution in [3.05, 3.63) is 11.8 Å². The Hall–Kier alpha value is -1.53. The molecule has 2 N–H and O–H groups in total. The highest BCUT2D eigenvalue weighted by atomic mass is 16.5. The van der Waals surface area contributed by atoms with E-state index in [9.17, 15) is 19.5 Å². The van der Waals surface area contributed by atoms with Crippen LogP contribution in [0.2, 0.25) is 0 Å². The molecule has 3 heterocycles. The van der Waals surface area contributed by atoms with E-state index in [1.54, 1.807) is 13.8 Å². The minimum atomic E-state index is -1.34. The van der Waals surface area contributed by atoms with Gasteiger partial charge in [0.25, 0.3) is 0 Å². The molecule has 0 unspecified atom stereocenters. The molecule has 0 aromatic rings. The second kappa shape index (κ2) is 4.51. The van der Waals surface area contributed by atoms with Gasteiger partial charge in [0.2, 0.25) is 5.91 Å². The second-order valence-electron chi connectivity index (χ2n) is 7.54.